The minimum absolute atomic E-state index is 0.0303. The Labute approximate surface area is 173 Å². The van der Waals surface area contributed by atoms with E-state index in [4.69, 9.17) is 8.92 Å². The first-order valence-corrected chi connectivity index (χ1v) is 10.4. The largest absolute Gasteiger partial charge is 0.453 e. The molecule has 0 spiro atoms. The van der Waals surface area contributed by atoms with E-state index < -0.39 is 16.2 Å². The second kappa shape index (κ2) is 9.46. The van der Waals surface area contributed by atoms with Crippen molar-refractivity contribution < 1.29 is 26.9 Å². The van der Waals surface area contributed by atoms with Crippen LogP contribution in [0.1, 0.15) is 6.42 Å². The van der Waals surface area contributed by atoms with Gasteiger partial charge in [-0.15, -0.1) is 0 Å². The van der Waals surface area contributed by atoms with Crippen LogP contribution in [-0.2, 0) is 19.6 Å². The van der Waals surface area contributed by atoms with E-state index in [1.165, 1.54) is 31.4 Å². The number of hydrogen-bond acceptors (Lipinski definition) is 8. The van der Waals surface area contributed by atoms with Gasteiger partial charge in [0.2, 0.25) is 5.95 Å². The molecule has 0 bridgehead atoms. The molecule has 0 saturated heterocycles. The first-order valence-electron chi connectivity index (χ1n) is 9.03. The maximum absolute atomic E-state index is 12.6. The summed E-state index contributed by atoms with van der Waals surface area (Å²) in [6.45, 7) is 1.36. The number of nitrogens with one attached hydrogen (secondary N) is 3. The van der Waals surface area contributed by atoms with Crippen LogP contribution in [-0.4, -0.2) is 51.9 Å². The second-order valence-electron chi connectivity index (χ2n) is 6.22. The van der Waals surface area contributed by atoms with Crippen molar-refractivity contribution in [1.29, 1.82) is 0 Å². The smallest absolute Gasteiger partial charge is 0.413 e. The van der Waals surface area contributed by atoms with Gasteiger partial charge in [0.25, 0.3) is 0 Å². The lowest BCUT2D eigenvalue weighted by Crippen LogP contribution is -2.11. The maximum Gasteiger partial charge on any atom is 0.413 e. The van der Waals surface area contributed by atoms with E-state index in [1.807, 2.05) is 0 Å². The Hall–Kier alpha value is -3.31. The predicted octanol–water partition coefficient (Wildman–Crippen LogP) is 2.96. The number of H-pyrrole nitrogens is 1. The van der Waals surface area contributed by atoms with E-state index in [-0.39, 0.29) is 16.6 Å². The van der Waals surface area contributed by atoms with Gasteiger partial charge in [0.05, 0.1) is 18.1 Å². The zero-order valence-electron chi connectivity index (χ0n) is 16.5. The number of amides is 1. The third-order valence-electron chi connectivity index (χ3n) is 4.06. The van der Waals surface area contributed by atoms with Crippen LogP contribution in [0.2, 0.25) is 0 Å². The van der Waals surface area contributed by atoms with Crippen LogP contribution in [0.15, 0.2) is 47.4 Å². The summed E-state index contributed by atoms with van der Waals surface area (Å²) in [5, 5.41) is 5.58. The van der Waals surface area contributed by atoms with Crippen molar-refractivity contribution in [3.05, 3.63) is 42.5 Å². The first-order chi connectivity index (χ1) is 14.4. The molecule has 10 nitrogen and oxygen atoms in total. The number of carbonyl (C=O) groups is 1. The van der Waals surface area contributed by atoms with Gasteiger partial charge in [-0.3, -0.25) is 5.32 Å². The summed E-state index contributed by atoms with van der Waals surface area (Å²) >= 11 is 0. The lowest BCUT2D eigenvalue weighted by Gasteiger charge is -2.09. The van der Waals surface area contributed by atoms with Crippen LogP contribution in [0, 0.1) is 0 Å². The van der Waals surface area contributed by atoms with Crippen LogP contribution >= 0.6 is 0 Å². The average Bonchev–Trinajstić information content (AvgIpc) is 3.12. The van der Waals surface area contributed by atoms with Gasteiger partial charge in [0, 0.05) is 32.0 Å². The molecule has 30 heavy (non-hydrogen) atoms. The van der Waals surface area contributed by atoms with Crippen molar-refractivity contribution in [3.63, 3.8) is 0 Å². The molecular formula is C19H22N4O6S. The number of carbonyl (C=O) groups excluding carboxylic acids is 1. The average molecular weight is 434 g/mol. The molecule has 2 aromatic carbocycles. The highest BCUT2D eigenvalue weighted by Crippen LogP contribution is 2.24. The maximum atomic E-state index is 12.6. The molecule has 0 aliphatic rings. The van der Waals surface area contributed by atoms with E-state index in [9.17, 15) is 13.2 Å². The molecule has 1 amide bonds. The van der Waals surface area contributed by atoms with Crippen molar-refractivity contribution in [2.24, 2.45) is 0 Å². The Kier molecular flexibility index (Phi) is 6.75. The quantitative estimate of drug-likeness (QED) is 0.346. The number of aromatic amines is 1. The van der Waals surface area contributed by atoms with Crippen molar-refractivity contribution in [2.45, 2.75) is 11.3 Å². The van der Waals surface area contributed by atoms with Crippen LogP contribution in [0.4, 0.5) is 16.4 Å². The molecule has 3 aromatic rings. The van der Waals surface area contributed by atoms with Gasteiger partial charge in [0.1, 0.15) is 10.6 Å². The number of nitrogens with zero attached hydrogens (tertiary/aromatic N) is 1. The molecule has 0 unspecified atom stereocenters. The number of ether oxygens (including phenoxy) is 2. The van der Waals surface area contributed by atoms with E-state index in [2.05, 4.69) is 25.3 Å². The van der Waals surface area contributed by atoms with Crippen LogP contribution < -0.4 is 14.8 Å². The summed E-state index contributed by atoms with van der Waals surface area (Å²) < 4.78 is 39.9. The SMILES string of the molecule is COCCCNc1ccc(S(=O)(=O)Oc2ccc3nc(NC(=O)OC)[nH]c3c2)cc1. The van der Waals surface area contributed by atoms with Crippen molar-refractivity contribution in [2.75, 3.05) is 38.0 Å². The molecule has 0 radical (unpaired) electrons. The van der Waals surface area contributed by atoms with Crippen LogP contribution in [0.5, 0.6) is 5.75 Å². The summed E-state index contributed by atoms with van der Waals surface area (Å²) in [6, 6.07) is 10.8. The van der Waals surface area contributed by atoms with Gasteiger partial charge < -0.3 is 24.0 Å². The van der Waals surface area contributed by atoms with Gasteiger partial charge in [-0.2, -0.15) is 8.42 Å². The Morgan fingerprint density at radius 2 is 1.90 bits per heavy atom. The summed E-state index contributed by atoms with van der Waals surface area (Å²) in [7, 11) is -1.14. The molecule has 11 heteroatoms. The lowest BCUT2D eigenvalue weighted by atomic mass is 10.3. The van der Waals surface area contributed by atoms with Crippen LogP contribution in [0.3, 0.4) is 0 Å². The zero-order chi connectivity index (χ0) is 21.6. The van der Waals surface area contributed by atoms with Crippen molar-refractivity contribution in [1.82, 2.24) is 9.97 Å². The molecule has 0 saturated carbocycles. The minimum atomic E-state index is -4.02. The predicted molar refractivity (Wildman–Crippen MR) is 111 cm³/mol. The van der Waals surface area contributed by atoms with Crippen molar-refractivity contribution >= 4 is 38.9 Å². The number of benzene rings is 2. The van der Waals surface area contributed by atoms with E-state index >= 15 is 0 Å². The molecule has 3 N–H and O–H groups in total. The van der Waals surface area contributed by atoms with Crippen LogP contribution in [0.25, 0.3) is 11.0 Å². The monoisotopic (exact) mass is 434 g/mol. The molecular weight excluding hydrogens is 412 g/mol. The van der Waals surface area contributed by atoms with Gasteiger partial charge >= 0.3 is 16.2 Å². The van der Waals surface area contributed by atoms with Gasteiger partial charge in [-0.1, -0.05) is 0 Å². The topological polar surface area (TPSA) is 132 Å². The lowest BCUT2D eigenvalue weighted by molar-refractivity contribution is 0.186. The molecule has 0 aliphatic carbocycles. The second-order valence-corrected chi connectivity index (χ2v) is 7.76. The number of methoxy groups -OCH3 is 2. The van der Waals surface area contributed by atoms with Gasteiger partial charge in [-0.05, 0) is 42.8 Å². The molecule has 1 aromatic heterocycles. The number of fused-ring (bicyclic) bond motifs is 1. The minimum Gasteiger partial charge on any atom is -0.453 e. The Bertz CT molecular complexity index is 1110. The van der Waals surface area contributed by atoms with E-state index in [0.29, 0.717) is 24.2 Å². The number of imidazole rings is 1. The third-order valence-corrected chi connectivity index (χ3v) is 5.32. The summed E-state index contributed by atoms with van der Waals surface area (Å²) in [6.07, 6.45) is 0.164. The summed E-state index contributed by atoms with van der Waals surface area (Å²) in [5.41, 5.74) is 1.81. The molecule has 0 atom stereocenters. The number of rotatable bonds is 9. The highest BCUT2D eigenvalue weighted by atomic mass is 32.2. The summed E-state index contributed by atoms with van der Waals surface area (Å²) in [5.74, 6) is 0.281. The van der Waals surface area contributed by atoms with E-state index in [1.54, 1.807) is 25.3 Å². The van der Waals surface area contributed by atoms with Crippen molar-refractivity contribution in [3.8, 4) is 5.75 Å². The molecule has 3 rings (SSSR count). The normalized spacial score (nSPS) is 11.3. The Morgan fingerprint density at radius 1 is 1.13 bits per heavy atom. The first kappa shape index (κ1) is 21.4. The molecule has 1 heterocycles. The molecule has 0 aliphatic heterocycles. The third kappa shape index (κ3) is 5.39. The number of anilines is 2. The number of aromatic nitrogens is 2. The summed E-state index contributed by atoms with van der Waals surface area (Å²) in [4.78, 5) is 18.3. The zero-order valence-corrected chi connectivity index (χ0v) is 17.3. The van der Waals surface area contributed by atoms with E-state index in [0.717, 1.165) is 12.1 Å². The molecule has 160 valence electrons. The highest BCUT2D eigenvalue weighted by Gasteiger charge is 2.17. The van der Waals surface area contributed by atoms with Gasteiger partial charge in [0.15, 0.2) is 0 Å². The Morgan fingerprint density at radius 3 is 2.60 bits per heavy atom. The fourth-order valence-electron chi connectivity index (χ4n) is 2.61. The fraction of sp³-hybridized carbons (Fsp3) is 0.263. The fourth-order valence-corrected chi connectivity index (χ4v) is 3.53. The Balaban J connectivity index is 1.69. The number of hydrogen-bond donors (Lipinski definition) is 3. The standard InChI is InChI=1S/C19H22N4O6S/c1-27-11-3-10-20-13-4-7-15(8-5-13)30(25,26)29-14-6-9-16-17(12-14)22-18(21-16)23-19(24)28-2/h4-9,12,20H,3,10-11H2,1-2H3,(H2,21,22,23,24). The highest BCUT2D eigenvalue weighted by molar-refractivity contribution is 7.87. The van der Waals surface area contributed by atoms with Gasteiger partial charge in [-0.25, -0.2) is 9.78 Å². The molecule has 0 fully saturated rings.